The van der Waals surface area contributed by atoms with Crippen molar-refractivity contribution in [3.63, 3.8) is 0 Å². The van der Waals surface area contributed by atoms with Crippen LogP contribution in [0.4, 0.5) is 8.78 Å². The number of alkyl halides is 2. The first-order valence-electron chi connectivity index (χ1n) is 3.58. The van der Waals surface area contributed by atoms with E-state index in [1.165, 1.54) is 6.92 Å². The first-order valence-corrected chi connectivity index (χ1v) is 4.34. The monoisotopic (exact) mass is 239 g/mol. The van der Waals surface area contributed by atoms with Gasteiger partial charge in [0, 0.05) is 5.56 Å². The Kier molecular flexibility index (Phi) is 3.39. The summed E-state index contributed by atoms with van der Waals surface area (Å²) in [7, 11) is 0. The third-order valence-corrected chi connectivity index (χ3v) is 2.01. The number of aromatic nitrogens is 1. The van der Waals surface area contributed by atoms with E-state index in [0.29, 0.717) is 0 Å². The standard InChI is InChI=1S/C8H5Cl2F2NO/c1-3-6(7(10)14)4(8(11)12)2-5(9)13-3/h2,8H,1H3. The van der Waals surface area contributed by atoms with Gasteiger partial charge >= 0.3 is 0 Å². The van der Waals surface area contributed by atoms with Gasteiger partial charge in [0.2, 0.25) is 0 Å². The summed E-state index contributed by atoms with van der Waals surface area (Å²) in [5.74, 6) is 0. The van der Waals surface area contributed by atoms with E-state index >= 15 is 0 Å². The van der Waals surface area contributed by atoms with Crippen LogP contribution < -0.4 is 0 Å². The fourth-order valence-corrected chi connectivity index (χ4v) is 1.58. The number of hydrogen-bond acceptors (Lipinski definition) is 2. The summed E-state index contributed by atoms with van der Waals surface area (Å²) in [6, 6.07) is 0.939. The second-order valence-corrected chi connectivity index (χ2v) is 3.30. The first-order chi connectivity index (χ1) is 6.43. The van der Waals surface area contributed by atoms with E-state index in [1.54, 1.807) is 0 Å². The average molecular weight is 240 g/mol. The lowest BCUT2D eigenvalue weighted by Gasteiger charge is -2.07. The van der Waals surface area contributed by atoms with Crippen LogP contribution in [-0.4, -0.2) is 10.2 Å². The summed E-state index contributed by atoms with van der Waals surface area (Å²) < 4.78 is 24.9. The molecule has 0 N–H and O–H groups in total. The lowest BCUT2D eigenvalue weighted by atomic mass is 10.1. The van der Waals surface area contributed by atoms with Crippen molar-refractivity contribution < 1.29 is 13.6 Å². The number of hydrogen-bond donors (Lipinski definition) is 0. The smallest absolute Gasteiger partial charge is 0.264 e. The van der Waals surface area contributed by atoms with Crippen LogP contribution in [0.1, 0.15) is 28.0 Å². The Morgan fingerprint density at radius 3 is 2.57 bits per heavy atom. The van der Waals surface area contributed by atoms with Gasteiger partial charge in [-0.3, -0.25) is 4.79 Å². The van der Waals surface area contributed by atoms with Gasteiger partial charge in [0.1, 0.15) is 5.15 Å². The lowest BCUT2D eigenvalue weighted by Crippen LogP contribution is -2.04. The molecule has 0 saturated carbocycles. The van der Waals surface area contributed by atoms with Gasteiger partial charge in [0.25, 0.3) is 11.7 Å². The van der Waals surface area contributed by atoms with Crippen molar-refractivity contribution in [2.45, 2.75) is 13.3 Å². The van der Waals surface area contributed by atoms with Crippen LogP contribution in [0.15, 0.2) is 6.07 Å². The molecule has 1 heterocycles. The lowest BCUT2D eigenvalue weighted by molar-refractivity contribution is 0.106. The third-order valence-electron chi connectivity index (χ3n) is 1.63. The second kappa shape index (κ2) is 4.19. The molecule has 0 bridgehead atoms. The molecule has 76 valence electrons. The zero-order valence-electron chi connectivity index (χ0n) is 7.02. The molecule has 0 amide bonds. The van der Waals surface area contributed by atoms with Gasteiger partial charge < -0.3 is 0 Å². The number of halogens is 4. The normalized spacial score (nSPS) is 10.7. The zero-order valence-corrected chi connectivity index (χ0v) is 8.53. The summed E-state index contributed by atoms with van der Waals surface area (Å²) in [6.07, 6.45) is -2.80. The molecule has 1 rings (SSSR count). The quantitative estimate of drug-likeness (QED) is 0.586. The number of aryl methyl sites for hydroxylation is 1. The van der Waals surface area contributed by atoms with Gasteiger partial charge in [-0.05, 0) is 24.6 Å². The predicted molar refractivity (Wildman–Crippen MR) is 49.1 cm³/mol. The Hall–Kier alpha value is -0.740. The molecular formula is C8H5Cl2F2NO. The molecule has 0 aliphatic heterocycles. The van der Waals surface area contributed by atoms with Crippen molar-refractivity contribution in [3.8, 4) is 0 Å². The highest BCUT2D eigenvalue weighted by Gasteiger charge is 2.21. The minimum absolute atomic E-state index is 0.0838. The zero-order chi connectivity index (χ0) is 10.9. The summed E-state index contributed by atoms with van der Waals surface area (Å²) in [5, 5.41) is -1.04. The maximum Gasteiger partial charge on any atom is 0.264 e. The summed E-state index contributed by atoms with van der Waals surface area (Å²) in [5.41, 5.74) is -0.652. The minimum Gasteiger partial charge on any atom is -0.276 e. The number of carbonyl (C=O) groups is 1. The molecule has 1 aromatic rings. The highest BCUT2D eigenvalue weighted by molar-refractivity contribution is 6.68. The molecule has 0 unspecified atom stereocenters. The topological polar surface area (TPSA) is 30.0 Å². The average Bonchev–Trinajstić information content (AvgIpc) is 2.01. The van der Waals surface area contributed by atoms with E-state index in [4.69, 9.17) is 23.2 Å². The molecule has 0 radical (unpaired) electrons. The van der Waals surface area contributed by atoms with Gasteiger partial charge in [-0.25, -0.2) is 13.8 Å². The maximum atomic E-state index is 12.5. The van der Waals surface area contributed by atoms with Crippen LogP contribution in [0.3, 0.4) is 0 Å². The van der Waals surface area contributed by atoms with Gasteiger partial charge in [0.15, 0.2) is 0 Å². The van der Waals surface area contributed by atoms with Crippen molar-refractivity contribution in [1.82, 2.24) is 4.98 Å². The van der Waals surface area contributed by atoms with Crippen molar-refractivity contribution >= 4 is 28.4 Å². The Labute approximate surface area is 88.8 Å². The van der Waals surface area contributed by atoms with Crippen LogP contribution >= 0.6 is 23.2 Å². The highest BCUT2D eigenvalue weighted by atomic mass is 35.5. The van der Waals surface area contributed by atoms with Crippen LogP contribution in [0.5, 0.6) is 0 Å². The Bertz CT molecular complexity index is 382. The van der Waals surface area contributed by atoms with Crippen molar-refractivity contribution in [2.75, 3.05) is 0 Å². The molecule has 0 aromatic carbocycles. The molecular weight excluding hydrogens is 235 g/mol. The molecule has 0 saturated heterocycles. The maximum absolute atomic E-state index is 12.5. The molecule has 2 nitrogen and oxygen atoms in total. The second-order valence-electron chi connectivity index (χ2n) is 2.57. The predicted octanol–water partition coefficient (Wildman–Crippen LogP) is 3.36. The van der Waals surface area contributed by atoms with Crippen LogP contribution in [0.2, 0.25) is 5.15 Å². The van der Waals surface area contributed by atoms with Crippen molar-refractivity contribution in [3.05, 3.63) is 28.0 Å². The van der Waals surface area contributed by atoms with E-state index in [9.17, 15) is 13.6 Å². The van der Waals surface area contributed by atoms with Gasteiger partial charge in [-0.15, -0.1) is 0 Å². The Morgan fingerprint density at radius 2 is 2.14 bits per heavy atom. The largest absolute Gasteiger partial charge is 0.276 e. The van der Waals surface area contributed by atoms with Crippen LogP contribution in [0.25, 0.3) is 0 Å². The number of pyridine rings is 1. The van der Waals surface area contributed by atoms with E-state index < -0.39 is 17.2 Å². The SMILES string of the molecule is Cc1nc(Cl)cc(C(F)F)c1C(=O)Cl. The van der Waals surface area contributed by atoms with Crippen LogP contribution in [-0.2, 0) is 0 Å². The highest BCUT2D eigenvalue weighted by Crippen LogP contribution is 2.28. The number of carbonyl (C=O) groups excluding carboxylic acids is 1. The fraction of sp³-hybridized carbons (Fsp3) is 0.250. The molecule has 1 aromatic heterocycles. The molecule has 0 fully saturated rings. The number of nitrogens with zero attached hydrogens (tertiary/aromatic N) is 1. The van der Waals surface area contributed by atoms with Crippen molar-refractivity contribution in [2.24, 2.45) is 0 Å². The molecule has 14 heavy (non-hydrogen) atoms. The molecule has 0 aliphatic rings. The van der Waals surface area contributed by atoms with Gasteiger partial charge in [-0.1, -0.05) is 11.6 Å². The molecule has 0 spiro atoms. The Morgan fingerprint density at radius 1 is 1.57 bits per heavy atom. The van der Waals surface area contributed by atoms with Crippen molar-refractivity contribution in [1.29, 1.82) is 0 Å². The molecule has 0 atom stereocenters. The summed E-state index contributed by atoms with van der Waals surface area (Å²) in [4.78, 5) is 14.5. The van der Waals surface area contributed by atoms with E-state index in [-0.39, 0.29) is 16.4 Å². The van der Waals surface area contributed by atoms with Crippen LogP contribution in [0, 0.1) is 6.92 Å². The molecule has 0 aliphatic carbocycles. The minimum atomic E-state index is -2.80. The van der Waals surface area contributed by atoms with E-state index in [0.717, 1.165) is 6.07 Å². The van der Waals surface area contributed by atoms with Gasteiger partial charge in [-0.2, -0.15) is 0 Å². The summed E-state index contributed by atoms with van der Waals surface area (Å²) in [6.45, 7) is 1.40. The Balaban J connectivity index is 3.44. The fourth-order valence-electron chi connectivity index (χ4n) is 1.09. The van der Waals surface area contributed by atoms with Gasteiger partial charge in [0.05, 0.1) is 11.3 Å². The molecule has 6 heteroatoms. The van der Waals surface area contributed by atoms with E-state index in [2.05, 4.69) is 4.98 Å². The summed E-state index contributed by atoms with van der Waals surface area (Å²) >= 11 is 10.6. The van der Waals surface area contributed by atoms with E-state index in [1.807, 2.05) is 0 Å². The number of rotatable bonds is 2. The third kappa shape index (κ3) is 2.19. The first kappa shape index (κ1) is 11.3.